The van der Waals surface area contributed by atoms with Gasteiger partial charge in [-0.15, -0.1) is 11.3 Å². The molecule has 3 rings (SSSR count). The van der Waals surface area contributed by atoms with Crippen molar-refractivity contribution in [3.63, 3.8) is 0 Å². The molecule has 20 heavy (non-hydrogen) atoms. The molecular weight excluding hydrogens is 286 g/mol. The maximum Gasteiger partial charge on any atom is 0.0934 e. The lowest BCUT2D eigenvalue weighted by atomic mass is 9.93. The van der Waals surface area contributed by atoms with Gasteiger partial charge in [-0.2, -0.15) is 0 Å². The quantitative estimate of drug-likeness (QED) is 0.796. The van der Waals surface area contributed by atoms with E-state index >= 15 is 0 Å². The van der Waals surface area contributed by atoms with Gasteiger partial charge in [0.2, 0.25) is 0 Å². The fraction of sp³-hybridized carbons (Fsp3) is 0.412. The maximum absolute atomic E-state index is 6.18. The van der Waals surface area contributed by atoms with Gasteiger partial charge in [-0.25, -0.2) is 0 Å². The fourth-order valence-electron chi connectivity index (χ4n) is 2.95. The van der Waals surface area contributed by atoms with Crippen LogP contribution in [0.3, 0.4) is 0 Å². The van der Waals surface area contributed by atoms with E-state index in [4.69, 9.17) is 11.6 Å². The van der Waals surface area contributed by atoms with E-state index in [0.717, 1.165) is 4.34 Å². The molecule has 1 aromatic carbocycles. The molecule has 0 fully saturated rings. The normalized spacial score (nSPS) is 19.6. The summed E-state index contributed by atoms with van der Waals surface area (Å²) >= 11 is 7.92. The summed E-state index contributed by atoms with van der Waals surface area (Å²) in [5.41, 5.74) is 4.08. The second-order valence-corrected chi connectivity index (χ2v) is 7.44. The lowest BCUT2D eigenvalue weighted by Crippen LogP contribution is -2.27. The Morgan fingerprint density at radius 3 is 2.80 bits per heavy atom. The van der Waals surface area contributed by atoms with Crippen molar-refractivity contribution in [3.05, 3.63) is 56.2 Å². The predicted molar refractivity (Wildman–Crippen MR) is 87.7 cm³/mol. The molecular formula is C17H20ClNS. The molecule has 0 saturated carbocycles. The van der Waals surface area contributed by atoms with Crippen LogP contribution in [-0.4, -0.2) is 0 Å². The molecule has 106 valence electrons. The highest BCUT2D eigenvalue weighted by atomic mass is 35.5. The number of hydrogen-bond acceptors (Lipinski definition) is 2. The van der Waals surface area contributed by atoms with Gasteiger partial charge in [0, 0.05) is 17.0 Å². The van der Waals surface area contributed by atoms with Crippen LogP contribution >= 0.6 is 22.9 Å². The highest BCUT2D eigenvalue weighted by Gasteiger charge is 2.24. The van der Waals surface area contributed by atoms with Crippen LogP contribution in [0.4, 0.5) is 0 Å². The van der Waals surface area contributed by atoms with Crippen LogP contribution in [0.1, 0.15) is 53.4 Å². The molecule has 2 aromatic rings. The molecule has 1 heterocycles. The van der Waals surface area contributed by atoms with Crippen LogP contribution in [0.5, 0.6) is 0 Å². The highest BCUT2D eigenvalue weighted by Crippen LogP contribution is 2.38. The van der Waals surface area contributed by atoms with E-state index in [1.807, 2.05) is 0 Å². The Bertz CT molecular complexity index is 588. The SMILES string of the molecule is Cc1ccc([C@H](C)NC2CCCc3sc(Cl)cc32)cc1. The zero-order valence-corrected chi connectivity index (χ0v) is 13.5. The first kappa shape index (κ1) is 14.1. The summed E-state index contributed by atoms with van der Waals surface area (Å²) < 4.78 is 0.923. The van der Waals surface area contributed by atoms with E-state index in [9.17, 15) is 0 Å². The average molecular weight is 306 g/mol. The molecule has 2 atom stereocenters. The minimum atomic E-state index is 0.366. The number of hydrogen-bond donors (Lipinski definition) is 1. The number of thiophene rings is 1. The van der Waals surface area contributed by atoms with Crippen LogP contribution in [0.2, 0.25) is 4.34 Å². The number of benzene rings is 1. The van der Waals surface area contributed by atoms with E-state index in [2.05, 4.69) is 49.5 Å². The number of rotatable bonds is 3. The van der Waals surface area contributed by atoms with Gasteiger partial charge in [0.25, 0.3) is 0 Å². The summed E-state index contributed by atoms with van der Waals surface area (Å²) in [6, 6.07) is 11.8. The van der Waals surface area contributed by atoms with E-state index in [1.54, 1.807) is 11.3 Å². The van der Waals surface area contributed by atoms with Gasteiger partial charge in [-0.1, -0.05) is 41.4 Å². The second kappa shape index (κ2) is 5.88. The van der Waals surface area contributed by atoms with E-state index in [0.29, 0.717) is 12.1 Å². The van der Waals surface area contributed by atoms with Crippen molar-refractivity contribution in [2.24, 2.45) is 0 Å². The van der Waals surface area contributed by atoms with Gasteiger partial charge < -0.3 is 5.32 Å². The maximum atomic E-state index is 6.18. The molecule has 1 aliphatic carbocycles. The van der Waals surface area contributed by atoms with E-state index < -0.39 is 0 Å². The first-order valence-corrected chi connectivity index (χ1v) is 8.43. The topological polar surface area (TPSA) is 12.0 Å². The van der Waals surface area contributed by atoms with E-state index in [-0.39, 0.29) is 0 Å². The highest BCUT2D eigenvalue weighted by molar-refractivity contribution is 7.16. The van der Waals surface area contributed by atoms with E-state index in [1.165, 1.54) is 40.8 Å². The van der Waals surface area contributed by atoms with Crippen molar-refractivity contribution in [3.8, 4) is 0 Å². The Kier molecular flexibility index (Phi) is 4.16. The minimum absolute atomic E-state index is 0.366. The van der Waals surface area contributed by atoms with Crippen molar-refractivity contribution >= 4 is 22.9 Å². The molecule has 0 aliphatic heterocycles. The van der Waals surface area contributed by atoms with Crippen molar-refractivity contribution < 1.29 is 0 Å². The number of halogens is 1. The first-order valence-electron chi connectivity index (χ1n) is 7.24. The van der Waals surface area contributed by atoms with Crippen LogP contribution < -0.4 is 5.32 Å². The van der Waals surface area contributed by atoms with Gasteiger partial charge in [-0.3, -0.25) is 0 Å². The molecule has 0 amide bonds. The van der Waals surface area contributed by atoms with Gasteiger partial charge in [0.15, 0.2) is 0 Å². The Morgan fingerprint density at radius 2 is 2.05 bits per heavy atom. The van der Waals surface area contributed by atoms with Gasteiger partial charge in [0.05, 0.1) is 4.34 Å². The number of fused-ring (bicyclic) bond motifs is 1. The monoisotopic (exact) mass is 305 g/mol. The summed E-state index contributed by atoms with van der Waals surface area (Å²) in [6.45, 7) is 4.37. The fourth-order valence-corrected chi connectivity index (χ4v) is 4.33. The van der Waals surface area contributed by atoms with Gasteiger partial charge >= 0.3 is 0 Å². The lowest BCUT2D eigenvalue weighted by Gasteiger charge is -2.27. The molecule has 1 N–H and O–H groups in total. The van der Waals surface area contributed by atoms with Gasteiger partial charge in [0.1, 0.15) is 0 Å². The third-order valence-corrected chi connectivity index (χ3v) is 5.45. The molecule has 1 aromatic heterocycles. The summed E-state index contributed by atoms with van der Waals surface area (Å²) in [5.74, 6) is 0. The lowest BCUT2D eigenvalue weighted by molar-refractivity contribution is 0.418. The molecule has 0 radical (unpaired) electrons. The van der Waals surface area contributed by atoms with Crippen molar-refractivity contribution in [1.29, 1.82) is 0 Å². The third-order valence-electron chi connectivity index (χ3n) is 4.11. The molecule has 1 unspecified atom stereocenters. The Balaban J connectivity index is 1.76. The van der Waals surface area contributed by atoms with Crippen molar-refractivity contribution in [1.82, 2.24) is 5.32 Å². The number of nitrogens with one attached hydrogen (secondary N) is 1. The summed E-state index contributed by atoms with van der Waals surface area (Å²) in [6.07, 6.45) is 3.64. The zero-order valence-electron chi connectivity index (χ0n) is 11.9. The van der Waals surface area contributed by atoms with Crippen molar-refractivity contribution in [2.45, 2.75) is 45.2 Å². The Labute approximate surface area is 130 Å². The van der Waals surface area contributed by atoms with Crippen LogP contribution in [0.15, 0.2) is 30.3 Å². The average Bonchev–Trinajstić information content (AvgIpc) is 2.81. The predicted octanol–water partition coefficient (Wildman–Crippen LogP) is 5.44. The largest absolute Gasteiger partial charge is 0.303 e. The molecule has 0 saturated heterocycles. The third kappa shape index (κ3) is 2.93. The second-order valence-electron chi connectivity index (χ2n) is 5.67. The van der Waals surface area contributed by atoms with Crippen LogP contribution in [0, 0.1) is 6.92 Å². The van der Waals surface area contributed by atoms with Crippen LogP contribution in [-0.2, 0) is 6.42 Å². The zero-order chi connectivity index (χ0) is 14.1. The minimum Gasteiger partial charge on any atom is -0.303 e. The smallest absolute Gasteiger partial charge is 0.0934 e. The summed E-state index contributed by atoms with van der Waals surface area (Å²) in [7, 11) is 0. The summed E-state index contributed by atoms with van der Waals surface area (Å²) in [4.78, 5) is 1.47. The molecule has 3 heteroatoms. The Morgan fingerprint density at radius 1 is 1.30 bits per heavy atom. The molecule has 1 nitrogen and oxygen atoms in total. The standard InChI is InChI=1S/C17H20ClNS/c1-11-6-8-13(9-7-11)12(2)19-15-4-3-5-16-14(15)10-17(18)20-16/h6-10,12,15,19H,3-5H2,1-2H3/t12-,15?/m0/s1. The molecule has 0 bridgehead atoms. The van der Waals surface area contributed by atoms with Gasteiger partial charge in [-0.05, 0) is 50.3 Å². The van der Waals surface area contributed by atoms with Crippen LogP contribution in [0.25, 0.3) is 0 Å². The molecule has 0 spiro atoms. The Hall–Kier alpha value is -0.830. The first-order chi connectivity index (χ1) is 9.63. The number of aryl methyl sites for hydroxylation is 2. The van der Waals surface area contributed by atoms with Crippen molar-refractivity contribution in [2.75, 3.05) is 0 Å². The summed E-state index contributed by atoms with van der Waals surface area (Å²) in [5, 5.41) is 3.77. The molecule has 1 aliphatic rings.